The Bertz CT molecular complexity index is 1010. The second-order valence-electron chi connectivity index (χ2n) is 5.57. The average Bonchev–Trinajstić information content (AvgIpc) is 3.13. The molecule has 11 heteroatoms. The molecule has 2 aromatic carbocycles. The third kappa shape index (κ3) is 4.84. The molecule has 1 atom stereocenters. The van der Waals surface area contributed by atoms with Gasteiger partial charge in [-0.2, -0.15) is 4.68 Å². The van der Waals surface area contributed by atoms with Crippen LogP contribution in [0.1, 0.15) is 17.3 Å². The molecule has 0 fully saturated rings. The van der Waals surface area contributed by atoms with E-state index < -0.39 is 22.9 Å². The fraction of sp³-hybridized carbons (Fsp3) is 0.118. The fourth-order valence-electron chi connectivity index (χ4n) is 2.16. The standard InChI is InChI=1S/C17H14ClFN6O2S/c1-10(15(26)20-21-16(27)11-4-2-5-12(18)8-11)28-17-22-23-24-25(17)14-7-3-6-13(19)9-14/h2-10H,1H3,(H,20,26)(H,21,27)/t10-/m1/s1. The summed E-state index contributed by atoms with van der Waals surface area (Å²) in [7, 11) is 0. The van der Waals surface area contributed by atoms with Gasteiger partial charge in [0.05, 0.1) is 10.9 Å². The highest BCUT2D eigenvalue weighted by atomic mass is 35.5. The van der Waals surface area contributed by atoms with Crippen molar-refractivity contribution in [2.45, 2.75) is 17.3 Å². The maximum atomic E-state index is 13.4. The van der Waals surface area contributed by atoms with Crippen molar-refractivity contribution in [1.29, 1.82) is 0 Å². The molecule has 0 spiro atoms. The number of rotatable bonds is 5. The fourth-order valence-corrected chi connectivity index (χ4v) is 3.15. The van der Waals surface area contributed by atoms with Crippen LogP contribution in [-0.4, -0.2) is 37.3 Å². The van der Waals surface area contributed by atoms with Gasteiger partial charge in [0.15, 0.2) is 0 Å². The van der Waals surface area contributed by atoms with Crippen molar-refractivity contribution in [3.63, 3.8) is 0 Å². The number of hydrazine groups is 1. The first-order chi connectivity index (χ1) is 13.4. The average molecular weight is 421 g/mol. The second-order valence-corrected chi connectivity index (χ2v) is 7.31. The molecule has 1 aromatic heterocycles. The monoisotopic (exact) mass is 420 g/mol. The third-order valence-corrected chi connectivity index (χ3v) is 4.80. The van der Waals surface area contributed by atoms with Gasteiger partial charge in [-0.3, -0.25) is 20.4 Å². The van der Waals surface area contributed by atoms with Gasteiger partial charge in [-0.15, -0.1) is 5.10 Å². The summed E-state index contributed by atoms with van der Waals surface area (Å²) in [5, 5.41) is 11.3. The minimum absolute atomic E-state index is 0.300. The first kappa shape index (κ1) is 19.8. The number of thioether (sulfide) groups is 1. The van der Waals surface area contributed by atoms with Crippen molar-refractivity contribution in [2.75, 3.05) is 0 Å². The molecule has 28 heavy (non-hydrogen) atoms. The highest BCUT2D eigenvalue weighted by Gasteiger charge is 2.20. The second kappa shape index (κ2) is 8.81. The van der Waals surface area contributed by atoms with Crippen molar-refractivity contribution < 1.29 is 14.0 Å². The van der Waals surface area contributed by atoms with E-state index in [1.54, 1.807) is 31.2 Å². The van der Waals surface area contributed by atoms with Gasteiger partial charge in [0, 0.05) is 10.6 Å². The van der Waals surface area contributed by atoms with Crippen LogP contribution in [0.25, 0.3) is 5.69 Å². The number of carbonyl (C=O) groups is 2. The molecule has 144 valence electrons. The van der Waals surface area contributed by atoms with Crippen LogP contribution in [0.15, 0.2) is 53.7 Å². The summed E-state index contributed by atoms with van der Waals surface area (Å²) >= 11 is 6.90. The highest BCUT2D eigenvalue weighted by Crippen LogP contribution is 2.23. The number of carbonyl (C=O) groups excluding carboxylic acids is 2. The molecular weight excluding hydrogens is 407 g/mol. The number of aromatic nitrogens is 4. The zero-order valence-electron chi connectivity index (χ0n) is 14.5. The predicted octanol–water partition coefficient (Wildman–Crippen LogP) is 2.40. The van der Waals surface area contributed by atoms with Gasteiger partial charge in [0.2, 0.25) is 5.16 Å². The zero-order valence-corrected chi connectivity index (χ0v) is 16.0. The van der Waals surface area contributed by atoms with Gasteiger partial charge in [-0.05, 0) is 53.7 Å². The Morgan fingerprint density at radius 1 is 1.18 bits per heavy atom. The van der Waals surface area contributed by atoms with Crippen molar-refractivity contribution in [3.8, 4) is 5.69 Å². The van der Waals surface area contributed by atoms with E-state index in [4.69, 9.17) is 11.6 Å². The van der Waals surface area contributed by atoms with E-state index in [1.165, 1.54) is 28.9 Å². The molecule has 2 N–H and O–H groups in total. The van der Waals surface area contributed by atoms with Crippen molar-refractivity contribution in [3.05, 3.63) is 64.9 Å². The number of amides is 2. The lowest BCUT2D eigenvalue weighted by molar-refractivity contribution is -0.121. The Labute approximate surface area is 168 Å². The summed E-state index contributed by atoms with van der Waals surface area (Å²) in [6.07, 6.45) is 0. The van der Waals surface area contributed by atoms with Crippen LogP contribution in [0.5, 0.6) is 0 Å². The third-order valence-electron chi connectivity index (χ3n) is 3.53. The number of hydrogen-bond acceptors (Lipinski definition) is 6. The summed E-state index contributed by atoms with van der Waals surface area (Å²) in [5.41, 5.74) is 5.40. The van der Waals surface area contributed by atoms with Crippen molar-refractivity contribution in [1.82, 2.24) is 31.1 Å². The van der Waals surface area contributed by atoms with Gasteiger partial charge < -0.3 is 0 Å². The van der Waals surface area contributed by atoms with E-state index in [9.17, 15) is 14.0 Å². The summed E-state index contributed by atoms with van der Waals surface area (Å²) in [6.45, 7) is 1.62. The molecular formula is C17H14ClFN6O2S. The Kier molecular flexibility index (Phi) is 6.22. The largest absolute Gasteiger partial charge is 0.272 e. The van der Waals surface area contributed by atoms with Crippen molar-refractivity contribution in [2.24, 2.45) is 0 Å². The minimum atomic E-state index is -0.641. The lowest BCUT2D eigenvalue weighted by Crippen LogP contribution is -2.45. The Morgan fingerprint density at radius 3 is 2.71 bits per heavy atom. The molecule has 0 aliphatic heterocycles. The summed E-state index contributed by atoms with van der Waals surface area (Å²) in [4.78, 5) is 24.3. The zero-order chi connectivity index (χ0) is 20.1. The van der Waals surface area contributed by atoms with E-state index >= 15 is 0 Å². The number of benzene rings is 2. The van der Waals surface area contributed by atoms with Gasteiger partial charge in [0.1, 0.15) is 5.82 Å². The van der Waals surface area contributed by atoms with Crippen LogP contribution in [-0.2, 0) is 4.79 Å². The first-order valence-electron chi connectivity index (χ1n) is 8.01. The first-order valence-corrected chi connectivity index (χ1v) is 9.26. The summed E-state index contributed by atoms with van der Waals surface area (Å²) < 4.78 is 14.7. The molecule has 0 saturated heterocycles. The van der Waals surface area contributed by atoms with Gasteiger partial charge >= 0.3 is 0 Å². The topological polar surface area (TPSA) is 102 Å². The van der Waals surface area contributed by atoms with E-state index in [-0.39, 0.29) is 0 Å². The number of tetrazole rings is 1. The van der Waals surface area contributed by atoms with E-state index in [2.05, 4.69) is 26.4 Å². The van der Waals surface area contributed by atoms with Crippen LogP contribution in [0.2, 0.25) is 5.02 Å². The summed E-state index contributed by atoms with van der Waals surface area (Å²) in [6, 6.07) is 12.1. The molecule has 0 saturated carbocycles. The highest BCUT2D eigenvalue weighted by molar-refractivity contribution is 8.00. The maximum Gasteiger partial charge on any atom is 0.269 e. The number of hydrogen-bond donors (Lipinski definition) is 2. The molecule has 2 amide bonds. The minimum Gasteiger partial charge on any atom is -0.272 e. The van der Waals surface area contributed by atoms with Gasteiger partial charge in [0.25, 0.3) is 11.8 Å². The smallest absolute Gasteiger partial charge is 0.269 e. The van der Waals surface area contributed by atoms with Gasteiger partial charge in [-0.25, -0.2) is 4.39 Å². The van der Waals surface area contributed by atoms with Crippen LogP contribution in [0.3, 0.4) is 0 Å². The quantitative estimate of drug-likeness (QED) is 0.485. The molecule has 0 aliphatic carbocycles. The Balaban J connectivity index is 1.61. The molecule has 0 radical (unpaired) electrons. The lowest BCUT2D eigenvalue weighted by Gasteiger charge is -2.12. The molecule has 8 nitrogen and oxygen atoms in total. The molecule has 3 aromatic rings. The van der Waals surface area contributed by atoms with Crippen molar-refractivity contribution >= 4 is 35.2 Å². The number of halogens is 2. The van der Waals surface area contributed by atoms with Gasteiger partial charge in [-0.1, -0.05) is 35.5 Å². The number of nitrogens with one attached hydrogen (secondary N) is 2. The van der Waals surface area contributed by atoms with Crippen LogP contribution >= 0.6 is 23.4 Å². The van der Waals surface area contributed by atoms with Crippen LogP contribution in [0.4, 0.5) is 4.39 Å². The Hall–Kier alpha value is -2.98. The maximum absolute atomic E-state index is 13.4. The Morgan fingerprint density at radius 2 is 1.96 bits per heavy atom. The molecule has 0 unspecified atom stereocenters. The van der Waals surface area contributed by atoms with Crippen LogP contribution in [0, 0.1) is 5.82 Å². The predicted molar refractivity (Wildman–Crippen MR) is 101 cm³/mol. The normalized spacial score (nSPS) is 11.7. The lowest BCUT2D eigenvalue weighted by atomic mass is 10.2. The van der Waals surface area contributed by atoms with E-state index in [1.807, 2.05) is 0 Å². The molecule has 0 bridgehead atoms. The summed E-state index contributed by atoms with van der Waals surface area (Å²) in [5.74, 6) is -1.40. The van der Waals surface area contributed by atoms with E-state index in [0.717, 1.165) is 11.8 Å². The molecule has 1 heterocycles. The number of nitrogens with zero attached hydrogens (tertiary/aromatic N) is 4. The van der Waals surface area contributed by atoms with E-state index in [0.29, 0.717) is 21.4 Å². The SMILES string of the molecule is C[C@@H](Sc1nnnn1-c1cccc(F)c1)C(=O)NNC(=O)c1cccc(Cl)c1. The molecule has 0 aliphatic rings. The molecule has 3 rings (SSSR count). The van der Waals surface area contributed by atoms with Crippen LogP contribution < -0.4 is 10.9 Å².